The number of carboxylic acid groups (broad SMARTS) is 1. The van der Waals surface area contributed by atoms with Crippen LogP contribution in [-0.2, 0) is 4.79 Å². The van der Waals surface area contributed by atoms with Gasteiger partial charge in [-0.1, -0.05) is 18.6 Å². The van der Waals surface area contributed by atoms with Crippen LogP contribution in [0.3, 0.4) is 0 Å². The molecule has 1 rings (SSSR count). The van der Waals surface area contributed by atoms with Crippen LogP contribution in [0.5, 0.6) is 0 Å². The lowest BCUT2D eigenvalue weighted by Crippen LogP contribution is -2.22. The van der Waals surface area contributed by atoms with Gasteiger partial charge in [-0.25, -0.2) is 4.79 Å². The molecule has 3 N–H and O–H groups in total. The highest BCUT2D eigenvalue weighted by Crippen LogP contribution is 2.17. The molecular formula is C13H18N2O3. The molecular weight excluding hydrogens is 232 g/mol. The minimum atomic E-state index is -1.04. The summed E-state index contributed by atoms with van der Waals surface area (Å²) in [4.78, 5) is 22.7. The Balaban J connectivity index is 2.72. The number of carbonyl (C=O) groups excluding carboxylic acids is 1. The third kappa shape index (κ3) is 4.18. The summed E-state index contributed by atoms with van der Waals surface area (Å²) in [5.74, 6) is -1.23. The quantitative estimate of drug-likeness (QED) is 0.670. The van der Waals surface area contributed by atoms with Gasteiger partial charge in [0, 0.05) is 13.0 Å². The molecule has 0 bridgehead atoms. The minimum Gasteiger partial charge on any atom is -0.478 e. The Kier molecular flexibility index (Phi) is 5.32. The van der Waals surface area contributed by atoms with Crippen molar-refractivity contribution in [3.63, 3.8) is 0 Å². The van der Waals surface area contributed by atoms with E-state index in [-0.39, 0.29) is 11.5 Å². The molecule has 18 heavy (non-hydrogen) atoms. The molecule has 0 unspecified atom stereocenters. The Bertz CT molecular complexity index is 444. The van der Waals surface area contributed by atoms with Gasteiger partial charge in [-0.05, 0) is 25.6 Å². The Morgan fingerprint density at radius 3 is 2.67 bits per heavy atom. The molecule has 0 aliphatic carbocycles. The van der Waals surface area contributed by atoms with E-state index in [4.69, 9.17) is 5.11 Å². The zero-order valence-corrected chi connectivity index (χ0v) is 10.6. The summed E-state index contributed by atoms with van der Waals surface area (Å²) in [6.07, 6.45) is 0.320. The van der Waals surface area contributed by atoms with Crippen molar-refractivity contribution in [3.05, 3.63) is 29.3 Å². The number of benzene rings is 1. The van der Waals surface area contributed by atoms with E-state index in [1.54, 1.807) is 18.2 Å². The Labute approximate surface area is 106 Å². The first-order valence-electron chi connectivity index (χ1n) is 5.89. The fourth-order valence-electron chi connectivity index (χ4n) is 1.54. The lowest BCUT2D eigenvalue weighted by atomic mass is 10.1. The van der Waals surface area contributed by atoms with Gasteiger partial charge in [-0.3, -0.25) is 4.79 Å². The number of aryl methyl sites for hydroxylation is 1. The molecule has 0 aromatic heterocycles. The molecule has 0 saturated carbocycles. The predicted octanol–water partition coefficient (Wildman–Crippen LogP) is 1.63. The van der Waals surface area contributed by atoms with E-state index >= 15 is 0 Å². The van der Waals surface area contributed by atoms with Crippen molar-refractivity contribution < 1.29 is 14.7 Å². The standard InChI is InChI=1S/C13H18N2O3/c1-3-14-7-6-12(16)15-11-5-4-9(2)8-10(11)13(17)18/h4-5,8,14H,3,6-7H2,1-2H3,(H,15,16)(H,17,18). The maximum atomic E-state index is 11.6. The first-order chi connectivity index (χ1) is 8.54. The molecule has 0 fully saturated rings. The molecule has 1 aromatic carbocycles. The minimum absolute atomic E-state index is 0.117. The van der Waals surface area contributed by atoms with Crippen molar-refractivity contribution in [2.24, 2.45) is 0 Å². The lowest BCUT2D eigenvalue weighted by Gasteiger charge is -2.09. The number of nitrogens with one attached hydrogen (secondary N) is 2. The summed E-state index contributed by atoms with van der Waals surface area (Å²) in [5, 5.41) is 14.7. The van der Waals surface area contributed by atoms with Gasteiger partial charge < -0.3 is 15.7 Å². The second-order valence-electron chi connectivity index (χ2n) is 4.01. The highest BCUT2D eigenvalue weighted by molar-refractivity contribution is 6.00. The van der Waals surface area contributed by atoms with Gasteiger partial charge in [0.1, 0.15) is 0 Å². The second kappa shape index (κ2) is 6.76. The van der Waals surface area contributed by atoms with Gasteiger partial charge in [0.15, 0.2) is 0 Å². The number of rotatable bonds is 6. The third-order valence-corrected chi connectivity index (χ3v) is 2.46. The molecule has 5 heteroatoms. The molecule has 0 aliphatic rings. The van der Waals surface area contributed by atoms with Crippen LogP contribution in [0.2, 0.25) is 0 Å². The van der Waals surface area contributed by atoms with Crippen LogP contribution in [0.4, 0.5) is 5.69 Å². The summed E-state index contributed by atoms with van der Waals surface area (Å²) in [5.41, 5.74) is 1.31. The van der Waals surface area contributed by atoms with Crippen LogP contribution in [0.25, 0.3) is 0 Å². The Morgan fingerprint density at radius 1 is 1.33 bits per heavy atom. The summed E-state index contributed by atoms with van der Waals surface area (Å²) in [6, 6.07) is 4.93. The fourth-order valence-corrected chi connectivity index (χ4v) is 1.54. The summed E-state index contributed by atoms with van der Waals surface area (Å²) in [7, 11) is 0. The van der Waals surface area contributed by atoms with Crippen LogP contribution in [0.15, 0.2) is 18.2 Å². The van der Waals surface area contributed by atoms with Gasteiger partial charge in [0.2, 0.25) is 5.91 Å². The number of anilines is 1. The molecule has 5 nitrogen and oxygen atoms in total. The van der Waals surface area contributed by atoms with Gasteiger partial charge in [-0.2, -0.15) is 0 Å². The van der Waals surface area contributed by atoms with Crippen LogP contribution in [-0.4, -0.2) is 30.1 Å². The zero-order chi connectivity index (χ0) is 13.5. The van der Waals surface area contributed by atoms with Crippen LogP contribution >= 0.6 is 0 Å². The summed E-state index contributed by atoms with van der Waals surface area (Å²) < 4.78 is 0. The van der Waals surface area contributed by atoms with Crippen molar-refractivity contribution >= 4 is 17.6 Å². The van der Waals surface area contributed by atoms with Crippen LogP contribution in [0.1, 0.15) is 29.3 Å². The zero-order valence-electron chi connectivity index (χ0n) is 10.6. The highest BCUT2D eigenvalue weighted by Gasteiger charge is 2.12. The average Bonchev–Trinajstić information content (AvgIpc) is 2.31. The maximum Gasteiger partial charge on any atom is 0.337 e. The molecule has 0 saturated heterocycles. The van der Waals surface area contributed by atoms with Gasteiger partial charge in [0.05, 0.1) is 11.3 Å². The van der Waals surface area contributed by atoms with E-state index in [2.05, 4.69) is 10.6 Å². The molecule has 1 aromatic rings. The van der Waals surface area contributed by atoms with Gasteiger partial charge >= 0.3 is 5.97 Å². The molecule has 1 amide bonds. The molecule has 0 heterocycles. The number of aromatic carboxylic acids is 1. The summed E-state index contributed by atoms with van der Waals surface area (Å²) in [6.45, 7) is 5.15. The number of hydrogen-bond donors (Lipinski definition) is 3. The van der Waals surface area contributed by atoms with Crippen LogP contribution in [0, 0.1) is 6.92 Å². The van der Waals surface area contributed by atoms with Crippen molar-refractivity contribution in [1.29, 1.82) is 0 Å². The van der Waals surface area contributed by atoms with E-state index in [1.165, 1.54) is 0 Å². The first kappa shape index (κ1) is 14.2. The molecule has 0 atom stereocenters. The average molecular weight is 250 g/mol. The topological polar surface area (TPSA) is 78.4 Å². The monoisotopic (exact) mass is 250 g/mol. The SMILES string of the molecule is CCNCCC(=O)Nc1ccc(C)cc1C(=O)O. The van der Waals surface area contributed by atoms with Crippen molar-refractivity contribution in [3.8, 4) is 0 Å². The maximum absolute atomic E-state index is 11.6. The van der Waals surface area contributed by atoms with E-state index in [0.717, 1.165) is 12.1 Å². The largest absolute Gasteiger partial charge is 0.478 e. The second-order valence-corrected chi connectivity index (χ2v) is 4.01. The normalized spacial score (nSPS) is 10.1. The molecule has 98 valence electrons. The van der Waals surface area contributed by atoms with E-state index < -0.39 is 5.97 Å². The van der Waals surface area contributed by atoms with Gasteiger partial charge in [0.25, 0.3) is 0 Å². The molecule has 0 aliphatic heterocycles. The van der Waals surface area contributed by atoms with Gasteiger partial charge in [-0.15, -0.1) is 0 Å². The Hall–Kier alpha value is -1.88. The fraction of sp³-hybridized carbons (Fsp3) is 0.385. The highest BCUT2D eigenvalue weighted by atomic mass is 16.4. The summed E-state index contributed by atoms with van der Waals surface area (Å²) >= 11 is 0. The third-order valence-electron chi connectivity index (χ3n) is 2.46. The first-order valence-corrected chi connectivity index (χ1v) is 5.89. The number of carboxylic acids is 1. The Morgan fingerprint density at radius 2 is 2.06 bits per heavy atom. The lowest BCUT2D eigenvalue weighted by molar-refractivity contribution is -0.116. The molecule has 0 radical (unpaired) electrons. The van der Waals surface area contributed by atoms with E-state index in [1.807, 2.05) is 13.8 Å². The van der Waals surface area contributed by atoms with E-state index in [0.29, 0.717) is 18.7 Å². The van der Waals surface area contributed by atoms with Crippen molar-refractivity contribution in [1.82, 2.24) is 5.32 Å². The smallest absolute Gasteiger partial charge is 0.337 e. The van der Waals surface area contributed by atoms with Crippen molar-refractivity contribution in [2.75, 3.05) is 18.4 Å². The van der Waals surface area contributed by atoms with E-state index in [9.17, 15) is 9.59 Å². The van der Waals surface area contributed by atoms with Crippen molar-refractivity contribution in [2.45, 2.75) is 20.3 Å². The number of amides is 1. The molecule has 0 spiro atoms. The number of hydrogen-bond acceptors (Lipinski definition) is 3. The van der Waals surface area contributed by atoms with Crippen LogP contribution < -0.4 is 10.6 Å². The number of carbonyl (C=O) groups is 2. The predicted molar refractivity (Wildman–Crippen MR) is 69.9 cm³/mol.